The maximum Gasteiger partial charge on any atom is 0.156 e. The van der Waals surface area contributed by atoms with Gasteiger partial charge in [-0.15, -0.1) is 0 Å². The third-order valence-electron chi connectivity index (χ3n) is 5.32. The smallest absolute Gasteiger partial charge is 0.156 e. The molecule has 1 aliphatic carbocycles. The minimum atomic E-state index is 0.632. The van der Waals surface area contributed by atoms with Crippen LogP contribution in [0.4, 0.5) is 0 Å². The molecule has 0 unspecified atom stereocenters. The van der Waals surface area contributed by atoms with Crippen molar-refractivity contribution in [2.45, 2.75) is 25.3 Å². The van der Waals surface area contributed by atoms with Crippen LogP contribution in [0, 0.1) is 0 Å². The molecule has 0 bridgehead atoms. The van der Waals surface area contributed by atoms with Gasteiger partial charge in [0.15, 0.2) is 5.65 Å². The van der Waals surface area contributed by atoms with E-state index in [2.05, 4.69) is 37.9 Å². The van der Waals surface area contributed by atoms with E-state index in [-0.39, 0.29) is 0 Å². The number of nitrogens with one attached hydrogen (secondary N) is 1. The largest absolute Gasteiger partial charge is 0.314 e. The van der Waals surface area contributed by atoms with Crippen molar-refractivity contribution in [3.8, 4) is 11.3 Å². The van der Waals surface area contributed by atoms with Gasteiger partial charge >= 0.3 is 0 Å². The van der Waals surface area contributed by atoms with E-state index in [1.54, 1.807) is 0 Å². The first-order chi connectivity index (χ1) is 12.8. The highest BCUT2D eigenvalue weighted by molar-refractivity contribution is 6.30. The molecule has 2 fully saturated rings. The van der Waals surface area contributed by atoms with Crippen LogP contribution >= 0.6 is 11.6 Å². The van der Waals surface area contributed by atoms with Gasteiger partial charge in [0.2, 0.25) is 0 Å². The molecule has 1 aromatic carbocycles. The van der Waals surface area contributed by atoms with E-state index in [4.69, 9.17) is 16.6 Å². The van der Waals surface area contributed by atoms with Gasteiger partial charge in [-0.3, -0.25) is 14.3 Å². The number of rotatable bonds is 4. The Balaban J connectivity index is 1.61. The third kappa shape index (κ3) is 3.11. The maximum absolute atomic E-state index is 6.09. The number of aromatic nitrogens is 3. The van der Waals surface area contributed by atoms with Gasteiger partial charge in [-0.25, -0.2) is 4.98 Å². The van der Waals surface area contributed by atoms with Gasteiger partial charge in [-0.05, 0) is 25.0 Å². The molecule has 1 N–H and O–H groups in total. The zero-order valence-electron chi connectivity index (χ0n) is 14.7. The summed E-state index contributed by atoms with van der Waals surface area (Å²) in [7, 11) is 0. The van der Waals surface area contributed by atoms with E-state index in [0.717, 1.165) is 54.7 Å². The van der Waals surface area contributed by atoms with Crippen LogP contribution in [0.2, 0.25) is 5.02 Å². The lowest BCUT2D eigenvalue weighted by Gasteiger charge is -2.27. The number of nitrogens with zero attached hydrogens (tertiary/aromatic N) is 4. The topological polar surface area (TPSA) is 45.5 Å². The summed E-state index contributed by atoms with van der Waals surface area (Å²) in [6.45, 7) is 5.11. The fraction of sp³-hybridized carbons (Fsp3) is 0.400. The molecular formula is C20H22ClN5. The van der Waals surface area contributed by atoms with Gasteiger partial charge in [0.25, 0.3) is 0 Å². The van der Waals surface area contributed by atoms with Crippen LogP contribution in [0.15, 0.2) is 36.7 Å². The summed E-state index contributed by atoms with van der Waals surface area (Å²) >= 11 is 6.09. The third-order valence-corrected chi connectivity index (χ3v) is 5.58. The SMILES string of the molecule is Clc1ccc(-c2nc3cnc(C4CC4)cn3c2CN2CCNCC2)cc1. The molecule has 0 amide bonds. The minimum Gasteiger partial charge on any atom is -0.314 e. The molecule has 2 aromatic heterocycles. The van der Waals surface area contributed by atoms with Crippen LogP contribution in [0.5, 0.6) is 0 Å². The van der Waals surface area contributed by atoms with Gasteiger partial charge in [-0.2, -0.15) is 0 Å². The highest BCUT2D eigenvalue weighted by Crippen LogP contribution is 2.39. The highest BCUT2D eigenvalue weighted by atomic mass is 35.5. The lowest BCUT2D eigenvalue weighted by atomic mass is 10.1. The summed E-state index contributed by atoms with van der Waals surface area (Å²) in [5.41, 5.74) is 5.50. The van der Waals surface area contributed by atoms with Gasteiger partial charge in [-0.1, -0.05) is 23.7 Å². The van der Waals surface area contributed by atoms with Gasteiger partial charge in [0.1, 0.15) is 0 Å². The first kappa shape index (κ1) is 16.2. The molecule has 1 saturated carbocycles. The fourth-order valence-corrected chi connectivity index (χ4v) is 3.81. The summed E-state index contributed by atoms with van der Waals surface area (Å²) < 4.78 is 2.26. The van der Waals surface area contributed by atoms with Crippen molar-refractivity contribution >= 4 is 17.2 Å². The number of hydrogen-bond donors (Lipinski definition) is 1. The van der Waals surface area contributed by atoms with Crippen molar-refractivity contribution in [3.05, 3.63) is 53.1 Å². The summed E-state index contributed by atoms with van der Waals surface area (Å²) in [4.78, 5) is 12.1. The first-order valence-electron chi connectivity index (χ1n) is 9.34. The van der Waals surface area contributed by atoms with Gasteiger partial charge in [0, 0.05) is 55.4 Å². The Morgan fingerprint density at radius 2 is 1.88 bits per heavy atom. The van der Waals surface area contributed by atoms with E-state index < -0.39 is 0 Å². The zero-order chi connectivity index (χ0) is 17.5. The molecule has 26 heavy (non-hydrogen) atoms. The second-order valence-electron chi connectivity index (χ2n) is 7.25. The number of fused-ring (bicyclic) bond motifs is 1. The molecule has 3 aromatic rings. The van der Waals surface area contributed by atoms with Crippen LogP contribution in [-0.2, 0) is 6.54 Å². The van der Waals surface area contributed by atoms with Crippen molar-refractivity contribution in [3.63, 3.8) is 0 Å². The summed E-state index contributed by atoms with van der Waals surface area (Å²) in [5, 5.41) is 4.18. The molecule has 1 aliphatic heterocycles. The molecule has 0 atom stereocenters. The molecule has 134 valence electrons. The average molecular weight is 368 g/mol. The maximum atomic E-state index is 6.09. The predicted octanol–water partition coefficient (Wildman–Crippen LogP) is 3.33. The van der Waals surface area contributed by atoms with Crippen molar-refractivity contribution in [2.24, 2.45) is 0 Å². The Morgan fingerprint density at radius 1 is 1.12 bits per heavy atom. The van der Waals surface area contributed by atoms with Crippen LogP contribution in [0.25, 0.3) is 16.9 Å². The lowest BCUT2D eigenvalue weighted by molar-refractivity contribution is 0.230. The number of halogens is 1. The quantitative estimate of drug-likeness (QED) is 0.768. The predicted molar refractivity (Wildman–Crippen MR) is 104 cm³/mol. The van der Waals surface area contributed by atoms with Gasteiger partial charge in [0.05, 0.1) is 23.3 Å². The Hall–Kier alpha value is -1.95. The van der Waals surface area contributed by atoms with Gasteiger partial charge < -0.3 is 5.32 Å². The van der Waals surface area contributed by atoms with Crippen LogP contribution in [0.1, 0.15) is 30.1 Å². The van der Waals surface area contributed by atoms with Crippen molar-refractivity contribution in [2.75, 3.05) is 26.2 Å². The van der Waals surface area contributed by atoms with Crippen LogP contribution in [0.3, 0.4) is 0 Å². The van der Waals surface area contributed by atoms with Crippen molar-refractivity contribution in [1.29, 1.82) is 0 Å². The highest BCUT2D eigenvalue weighted by Gasteiger charge is 2.26. The zero-order valence-corrected chi connectivity index (χ0v) is 15.4. The van der Waals surface area contributed by atoms with E-state index in [0.29, 0.717) is 5.92 Å². The molecule has 6 heteroatoms. The molecule has 5 nitrogen and oxygen atoms in total. The molecular weight excluding hydrogens is 346 g/mol. The molecule has 1 saturated heterocycles. The summed E-state index contributed by atoms with van der Waals surface area (Å²) in [6, 6.07) is 7.98. The lowest BCUT2D eigenvalue weighted by Crippen LogP contribution is -2.43. The van der Waals surface area contributed by atoms with E-state index in [9.17, 15) is 0 Å². The fourth-order valence-electron chi connectivity index (χ4n) is 3.68. The van der Waals surface area contributed by atoms with Crippen molar-refractivity contribution in [1.82, 2.24) is 24.6 Å². The van der Waals surface area contributed by atoms with Crippen LogP contribution in [-0.4, -0.2) is 45.4 Å². The number of benzene rings is 1. The summed E-state index contributed by atoms with van der Waals surface area (Å²) in [6.07, 6.45) is 6.64. The van der Waals surface area contributed by atoms with Crippen LogP contribution < -0.4 is 5.32 Å². The Morgan fingerprint density at radius 3 is 2.62 bits per heavy atom. The average Bonchev–Trinajstić information content (AvgIpc) is 3.47. The first-order valence-corrected chi connectivity index (χ1v) is 9.71. The molecule has 5 rings (SSSR count). The number of imidazole rings is 1. The number of piperazine rings is 1. The van der Waals surface area contributed by atoms with E-state index in [1.807, 2.05) is 18.3 Å². The normalized spacial score (nSPS) is 18.5. The van der Waals surface area contributed by atoms with E-state index >= 15 is 0 Å². The minimum absolute atomic E-state index is 0.632. The Kier molecular flexibility index (Phi) is 4.15. The monoisotopic (exact) mass is 367 g/mol. The van der Waals surface area contributed by atoms with Crippen molar-refractivity contribution < 1.29 is 0 Å². The van der Waals surface area contributed by atoms with E-state index in [1.165, 1.54) is 24.2 Å². The number of hydrogen-bond acceptors (Lipinski definition) is 4. The Bertz CT molecular complexity index is 923. The summed E-state index contributed by atoms with van der Waals surface area (Å²) in [5.74, 6) is 0.632. The standard InChI is InChI=1S/C20H22ClN5/c21-16-5-3-15(4-6-16)20-18(13-25-9-7-22-8-10-25)26-12-17(14-1-2-14)23-11-19(26)24-20/h3-6,11-12,14,22H,1-2,7-10,13H2. The molecule has 0 spiro atoms. The second-order valence-corrected chi connectivity index (χ2v) is 7.69. The Labute approximate surface area is 158 Å². The second kappa shape index (κ2) is 6.65. The molecule has 2 aliphatic rings. The molecule has 3 heterocycles. The molecule has 0 radical (unpaired) electrons.